The second-order valence-electron chi connectivity index (χ2n) is 6.65. The first-order valence-corrected chi connectivity index (χ1v) is 8.79. The fraction of sp³-hybridized carbons (Fsp3) is 0.600. The highest BCUT2D eigenvalue weighted by Gasteiger charge is 2.37. The van der Waals surface area contributed by atoms with E-state index in [1.807, 2.05) is 27.7 Å². The number of hydrogen-bond donors (Lipinski definition) is 2. The largest absolute Gasteiger partial charge is 0.487 e. The Morgan fingerprint density at radius 2 is 2.05 bits per heavy atom. The molecule has 1 aliphatic heterocycles. The lowest BCUT2D eigenvalue weighted by Crippen LogP contribution is -2.47. The van der Waals surface area contributed by atoms with Gasteiger partial charge >= 0.3 is 0 Å². The molecule has 22 heavy (non-hydrogen) atoms. The van der Waals surface area contributed by atoms with Crippen molar-refractivity contribution in [2.45, 2.75) is 51.8 Å². The molecule has 1 heterocycles. The zero-order valence-corrected chi connectivity index (χ0v) is 14.6. The highest BCUT2D eigenvalue weighted by molar-refractivity contribution is 7.87. The molecular weight excluding hydrogens is 302 g/mol. The lowest BCUT2D eigenvalue weighted by atomic mass is 9.90. The third kappa shape index (κ3) is 3.53. The molecule has 7 heteroatoms. The van der Waals surface area contributed by atoms with Crippen molar-refractivity contribution in [3.05, 3.63) is 23.8 Å². The molecule has 3 N–H and O–H groups in total. The molecule has 1 aromatic rings. The Bertz CT molecular complexity index is 656. The van der Waals surface area contributed by atoms with Crippen molar-refractivity contribution in [3.8, 4) is 5.75 Å². The van der Waals surface area contributed by atoms with Gasteiger partial charge in [0.05, 0.1) is 6.04 Å². The molecule has 1 atom stereocenters. The van der Waals surface area contributed by atoms with Gasteiger partial charge in [-0.25, -0.2) is 0 Å². The Kier molecular flexibility index (Phi) is 4.43. The Morgan fingerprint density at radius 1 is 1.41 bits per heavy atom. The van der Waals surface area contributed by atoms with E-state index < -0.39 is 15.8 Å². The van der Waals surface area contributed by atoms with E-state index in [9.17, 15) is 8.42 Å². The van der Waals surface area contributed by atoms with E-state index in [1.165, 1.54) is 4.31 Å². The molecule has 0 bridgehead atoms. The monoisotopic (exact) mass is 327 g/mol. The van der Waals surface area contributed by atoms with E-state index in [-0.39, 0.29) is 12.1 Å². The predicted octanol–water partition coefficient (Wildman–Crippen LogP) is 2.05. The minimum Gasteiger partial charge on any atom is -0.487 e. The summed E-state index contributed by atoms with van der Waals surface area (Å²) >= 11 is 0. The zero-order valence-electron chi connectivity index (χ0n) is 13.8. The maximum atomic E-state index is 12.5. The molecule has 0 aliphatic carbocycles. The van der Waals surface area contributed by atoms with Crippen molar-refractivity contribution in [3.63, 3.8) is 0 Å². The Hall–Kier alpha value is -1.31. The molecule has 0 aromatic heterocycles. The molecule has 1 aromatic carbocycles. The number of rotatable bonds is 4. The fourth-order valence-electron chi connectivity index (χ4n) is 2.52. The van der Waals surface area contributed by atoms with Crippen LogP contribution in [0.4, 0.5) is 5.69 Å². The second kappa shape index (κ2) is 5.72. The van der Waals surface area contributed by atoms with E-state index in [0.717, 1.165) is 5.56 Å². The van der Waals surface area contributed by atoms with Crippen LogP contribution in [0.25, 0.3) is 0 Å². The highest BCUT2D eigenvalue weighted by atomic mass is 32.2. The Balaban J connectivity index is 2.37. The molecular formula is C15H25N3O3S. The topological polar surface area (TPSA) is 84.7 Å². The van der Waals surface area contributed by atoms with Gasteiger partial charge < -0.3 is 10.5 Å². The van der Waals surface area contributed by atoms with Crippen LogP contribution in [0.2, 0.25) is 0 Å². The normalized spacial score (nSPS) is 20.8. The summed E-state index contributed by atoms with van der Waals surface area (Å²) in [4.78, 5) is 0. The van der Waals surface area contributed by atoms with E-state index in [1.54, 1.807) is 25.2 Å². The minimum absolute atomic E-state index is 0.120. The van der Waals surface area contributed by atoms with Crippen molar-refractivity contribution in [2.24, 2.45) is 0 Å². The smallest absolute Gasteiger partial charge is 0.279 e. The van der Waals surface area contributed by atoms with Crippen LogP contribution in [0, 0.1) is 0 Å². The van der Waals surface area contributed by atoms with Crippen LogP contribution >= 0.6 is 0 Å². The molecule has 0 saturated carbocycles. The predicted molar refractivity (Wildman–Crippen MR) is 87.9 cm³/mol. The number of nitrogens with one attached hydrogen (secondary N) is 1. The van der Waals surface area contributed by atoms with Crippen LogP contribution in [-0.4, -0.2) is 31.4 Å². The molecule has 0 fully saturated rings. The average Bonchev–Trinajstić information content (AvgIpc) is 2.37. The van der Waals surface area contributed by atoms with Crippen molar-refractivity contribution >= 4 is 15.9 Å². The van der Waals surface area contributed by atoms with Crippen LogP contribution in [0.15, 0.2) is 18.2 Å². The quantitative estimate of drug-likeness (QED) is 0.829. The van der Waals surface area contributed by atoms with Crippen LogP contribution in [-0.2, 0) is 10.2 Å². The van der Waals surface area contributed by atoms with Crippen LogP contribution in [0.1, 0.15) is 45.7 Å². The summed E-state index contributed by atoms with van der Waals surface area (Å²) in [5.41, 5.74) is 6.75. The maximum Gasteiger partial charge on any atom is 0.279 e. The van der Waals surface area contributed by atoms with Crippen molar-refractivity contribution < 1.29 is 13.2 Å². The number of nitrogens with zero attached hydrogens (tertiary/aromatic N) is 1. The molecule has 6 nitrogen and oxygen atoms in total. The van der Waals surface area contributed by atoms with Gasteiger partial charge in [-0.2, -0.15) is 17.4 Å². The van der Waals surface area contributed by atoms with E-state index in [2.05, 4.69) is 4.72 Å². The third-order valence-electron chi connectivity index (χ3n) is 3.89. The zero-order chi connectivity index (χ0) is 16.7. The van der Waals surface area contributed by atoms with Crippen LogP contribution in [0.3, 0.4) is 0 Å². The summed E-state index contributed by atoms with van der Waals surface area (Å²) in [6, 6.07) is 4.83. The van der Waals surface area contributed by atoms with Gasteiger partial charge in [0.1, 0.15) is 11.4 Å². The second-order valence-corrected chi connectivity index (χ2v) is 8.41. The van der Waals surface area contributed by atoms with Gasteiger partial charge in [0.25, 0.3) is 10.2 Å². The number of ether oxygens (including phenoxy) is 1. The van der Waals surface area contributed by atoms with Crippen LogP contribution in [0.5, 0.6) is 5.75 Å². The molecule has 1 aliphatic rings. The van der Waals surface area contributed by atoms with E-state index >= 15 is 0 Å². The summed E-state index contributed by atoms with van der Waals surface area (Å²) in [5, 5.41) is 0. The van der Waals surface area contributed by atoms with Gasteiger partial charge in [0.15, 0.2) is 0 Å². The molecule has 0 amide bonds. The number of anilines is 1. The summed E-state index contributed by atoms with van der Waals surface area (Å²) in [6.45, 7) is 7.55. The lowest BCUT2D eigenvalue weighted by molar-refractivity contribution is 0.0699. The standard InChI is InChI=1S/C15H25N3O3S/c1-10(2)18(5)22(19,20)17-13-9-15(3,4)21-14-7-6-11(16)8-12(13)14/h6-8,10,13,17H,9,16H2,1-5H3. The molecule has 1 unspecified atom stereocenters. The van der Waals surface area contributed by atoms with Gasteiger partial charge in [-0.05, 0) is 45.9 Å². The van der Waals surface area contributed by atoms with Crippen molar-refractivity contribution in [1.82, 2.24) is 9.03 Å². The first kappa shape index (κ1) is 17.1. The Labute approximate surface area is 132 Å². The first-order chi connectivity index (χ1) is 10.0. The molecule has 124 valence electrons. The lowest BCUT2D eigenvalue weighted by Gasteiger charge is -2.38. The van der Waals surface area contributed by atoms with Gasteiger partial charge in [-0.1, -0.05) is 0 Å². The molecule has 0 spiro atoms. The van der Waals surface area contributed by atoms with E-state index in [4.69, 9.17) is 10.5 Å². The summed E-state index contributed by atoms with van der Waals surface area (Å²) in [5.74, 6) is 0.672. The van der Waals surface area contributed by atoms with Crippen molar-refractivity contribution in [1.29, 1.82) is 0 Å². The van der Waals surface area contributed by atoms with E-state index in [0.29, 0.717) is 17.9 Å². The summed E-state index contributed by atoms with van der Waals surface area (Å²) < 4.78 is 35.0. The van der Waals surface area contributed by atoms with Gasteiger partial charge in [0, 0.05) is 30.8 Å². The molecule has 0 saturated heterocycles. The average molecular weight is 327 g/mol. The SMILES string of the molecule is CC(C)N(C)S(=O)(=O)NC1CC(C)(C)Oc2ccc(N)cc21. The summed E-state index contributed by atoms with van der Waals surface area (Å²) in [6.07, 6.45) is 0.536. The highest BCUT2D eigenvalue weighted by Crippen LogP contribution is 2.40. The summed E-state index contributed by atoms with van der Waals surface area (Å²) in [7, 11) is -2.01. The van der Waals surface area contributed by atoms with Crippen LogP contribution < -0.4 is 15.2 Å². The minimum atomic E-state index is -3.58. The maximum absolute atomic E-state index is 12.5. The fourth-order valence-corrected chi connectivity index (χ4v) is 3.81. The van der Waals surface area contributed by atoms with Gasteiger partial charge in [-0.3, -0.25) is 0 Å². The number of nitrogens with two attached hydrogens (primary N) is 1. The Morgan fingerprint density at radius 3 is 2.64 bits per heavy atom. The van der Waals surface area contributed by atoms with Gasteiger partial charge in [0.2, 0.25) is 0 Å². The first-order valence-electron chi connectivity index (χ1n) is 7.35. The molecule has 2 rings (SSSR count). The number of benzene rings is 1. The van der Waals surface area contributed by atoms with Crippen molar-refractivity contribution in [2.75, 3.05) is 12.8 Å². The molecule has 0 radical (unpaired) electrons. The third-order valence-corrected chi connectivity index (χ3v) is 5.65. The van der Waals surface area contributed by atoms with Gasteiger partial charge in [-0.15, -0.1) is 0 Å². The number of nitrogen functional groups attached to an aromatic ring is 1. The number of fused-ring (bicyclic) bond motifs is 1. The number of hydrogen-bond acceptors (Lipinski definition) is 4.